The van der Waals surface area contributed by atoms with Crippen molar-refractivity contribution in [2.75, 3.05) is 7.11 Å². The van der Waals surface area contributed by atoms with Crippen LogP contribution in [0.5, 0.6) is 5.75 Å². The van der Waals surface area contributed by atoms with E-state index in [0.29, 0.717) is 0 Å². The maximum Gasteiger partial charge on any atom is 0.379 e. The lowest BCUT2D eigenvalue weighted by molar-refractivity contribution is -0.384. The number of furan rings is 2. The number of non-ortho nitro benzene ring substituents is 1. The van der Waals surface area contributed by atoms with Crippen molar-refractivity contribution in [3.05, 3.63) is 87.4 Å². The Hall–Kier alpha value is -5.20. The fourth-order valence-electron chi connectivity index (χ4n) is 3.10. The first kappa shape index (κ1) is 23.0. The lowest BCUT2D eigenvalue weighted by Gasteiger charge is -2.09. The molecule has 1 N–H and O–H groups in total. The van der Waals surface area contributed by atoms with E-state index in [-0.39, 0.29) is 46.5 Å². The second-order valence-corrected chi connectivity index (χ2v) is 6.98. The van der Waals surface area contributed by atoms with Gasteiger partial charge in [0, 0.05) is 17.7 Å². The van der Waals surface area contributed by atoms with E-state index < -0.39 is 28.8 Å². The number of esters is 2. The predicted octanol–water partition coefficient (Wildman–Crippen LogP) is 2.88. The minimum absolute atomic E-state index is 0.0180. The molecule has 3 aromatic rings. The molecule has 178 valence electrons. The molecule has 2 aromatic heterocycles. The molecule has 0 bridgehead atoms. The number of nitrogens with one attached hydrogen (secondary N) is 1. The first-order valence-corrected chi connectivity index (χ1v) is 9.82. The number of nitro benzene ring substituents is 1. The third-order valence-corrected chi connectivity index (χ3v) is 4.75. The van der Waals surface area contributed by atoms with Gasteiger partial charge in [-0.1, -0.05) is 0 Å². The highest BCUT2D eigenvalue weighted by Gasteiger charge is 2.35. The van der Waals surface area contributed by atoms with Crippen LogP contribution in [0.2, 0.25) is 0 Å². The zero-order valence-electron chi connectivity index (χ0n) is 17.9. The van der Waals surface area contributed by atoms with Gasteiger partial charge < -0.3 is 23.6 Å². The van der Waals surface area contributed by atoms with Gasteiger partial charge in [-0.15, -0.1) is 0 Å². The summed E-state index contributed by atoms with van der Waals surface area (Å²) in [5, 5.41) is 13.6. The summed E-state index contributed by atoms with van der Waals surface area (Å²) < 4.78 is 20.1. The molecular formula is C22H15N3O10. The SMILES string of the molecule is COC(=O)c1ccc(CN2C(=O)N/C(=C\c3cc([N+](=O)[O-])ccc3OC(=O)c3ccco3)C2=O)o1. The maximum atomic E-state index is 12.8. The molecule has 0 unspecified atom stereocenters. The number of carbonyl (C=O) groups is 4. The van der Waals surface area contributed by atoms with Gasteiger partial charge in [0.25, 0.3) is 11.6 Å². The number of nitro groups is 1. The summed E-state index contributed by atoms with van der Waals surface area (Å²) in [6.45, 7) is -0.297. The second-order valence-electron chi connectivity index (χ2n) is 6.98. The summed E-state index contributed by atoms with van der Waals surface area (Å²) in [5.74, 6) is -2.56. The summed E-state index contributed by atoms with van der Waals surface area (Å²) in [4.78, 5) is 60.4. The number of ether oxygens (including phenoxy) is 2. The normalized spacial score (nSPS) is 14.2. The van der Waals surface area contributed by atoms with Crippen molar-refractivity contribution in [1.82, 2.24) is 10.2 Å². The minimum atomic E-state index is -0.869. The Bertz CT molecular complexity index is 1370. The molecule has 0 aliphatic carbocycles. The molecule has 1 aliphatic rings. The molecule has 0 radical (unpaired) electrons. The van der Waals surface area contributed by atoms with Gasteiger partial charge in [0.15, 0.2) is 0 Å². The van der Waals surface area contributed by atoms with Crippen LogP contribution in [0.15, 0.2) is 63.3 Å². The molecular weight excluding hydrogens is 466 g/mol. The van der Waals surface area contributed by atoms with Crippen LogP contribution in [0.25, 0.3) is 6.08 Å². The number of benzene rings is 1. The Kier molecular flexibility index (Phi) is 6.14. The van der Waals surface area contributed by atoms with Crippen LogP contribution in [-0.2, 0) is 16.1 Å². The lowest BCUT2D eigenvalue weighted by atomic mass is 10.1. The molecule has 1 aliphatic heterocycles. The summed E-state index contributed by atoms with van der Waals surface area (Å²) in [6, 6.07) is 8.16. The Morgan fingerprint density at radius 3 is 2.63 bits per heavy atom. The summed E-state index contributed by atoms with van der Waals surface area (Å²) >= 11 is 0. The van der Waals surface area contributed by atoms with Crippen LogP contribution in [0.4, 0.5) is 10.5 Å². The fraction of sp³-hybridized carbons (Fsp3) is 0.0909. The topological polar surface area (TPSA) is 171 Å². The fourth-order valence-corrected chi connectivity index (χ4v) is 3.10. The zero-order valence-corrected chi connectivity index (χ0v) is 17.9. The molecule has 0 spiro atoms. The Morgan fingerprint density at radius 2 is 1.94 bits per heavy atom. The maximum absolute atomic E-state index is 12.8. The number of methoxy groups -OCH3 is 1. The van der Waals surface area contributed by atoms with Crippen molar-refractivity contribution in [3.63, 3.8) is 0 Å². The van der Waals surface area contributed by atoms with E-state index >= 15 is 0 Å². The monoisotopic (exact) mass is 481 g/mol. The molecule has 1 saturated heterocycles. The third-order valence-electron chi connectivity index (χ3n) is 4.75. The second kappa shape index (κ2) is 9.35. The highest BCUT2D eigenvalue weighted by atomic mass is 16.6. The quantitative estimate of drug-likeness (QED) is 0.132. The number of carbonyl (C=O) groups excluding carboxylic acids is 4. The average molecular weight is 481 g/mol. The molecule has 3 amide bonds. The molecule has 3 heterocycles. The molecule has 1 aromatic carbocycles. The Morgan fingerprint density at radius 1 is 1.14 bits per heavy atom. The number of nitrogens with zero attached hydrogens (tertiary/aromatic N) is 2. The van der Waals surface area contributed by atoms with Crippen LogP contribution >= 0.6 is 0 Å². The van der Waals surface area contributed by atoms with Gasteiger partial charge in [-0.2, -0.15) is 0 Å². The predicted molar refractivity (Wildman–Crippen MR) is 114 cm³/mol. The largest absolute Gasteiger partial charge is 0.463 e. The van der Waals surface area contributed by atoms with Crippen LogP contribution in [0, 0.1) is 10.1 Å². The molecule has 13 heteroatoms. The molecule has 4 rings (SSSR count). The van der Waals surface area contributed by atoms with E-state index in [0.717, 1.165) is 23.1 Å². The van der Waals surface area contributed by atoms with Crippen molar-refractivity contribution >= 4 is 35.6 Å². The standard InChI is InChI=1S/C22H15N3O10/c1-32-20(27)18-7-5-14(34-18)11-24-19(26)15(23-22(24)29)10-12-9-13(25(30)31)4-6-16(12)35-21(28)17-3-2-8-33-17/h2-10H,11H2,1H3,(H,23,29)/b15-10-. The van der Waals surface area contributed by atoms with Gasteiger partial charge in [-0.25, -0.2) is 14.4 Å². The average Bonchev–Trinajstić information content (AvgIpc) is 3.58. The Balaban J connectivity index is 1.61. The van der Waals surface area contributed by atoms with E-state index in [1.54, 1.807) is 0 Å². The number of amides is 3. The number of urea groups is 1. The van der Waals surface area contributed by atoms with Gasteiger partial charge in [0.1, 0.15) is 17.2 Å². The van der Waals surface area contributed by atoms with E-state index in [4.69, 9.17) is 13.6 Å². The molecule has 0 atom stereocenters. The van der Waals surface area contributed by atoms with E-state index in [1.165, 1.54) is 43.7 Å². The highest BCUT2D eigenvalue weighted by molar-refractivity contribution is 6.14. The van der Waals surface area contributed by atoms with Crippen LogP contribution in [0.3, 0.4) is 0 Å². The van der Waals surface area contributed by atoms with Crippen LogP contribution in [-0.4, -0.2) is 40.8 Å². The highest BCUT2D eigenvalue weighted by Crippen LogP contribution is 2.28. The summed E-state index contributed by atoms with van der Waals surface area (Å²) in [6.07, 6.45) is 2.41. The van der Waals surface area contributed by atoms with Crippen LogP contribution < -0.4 is 10.1 Å². The zero-order chi connectivity index (χ0) is 25.1. The first-order chi connectivity index (χ1) is 16.8. The number of imide groups is 1. The first-order valence-electron chi connectivity index (χ1n) is 9.82. The molecule has 1 fully saturated rings. The van der Waals surface area contributed by atoms with Crippen molar-refractivity contribution in [2.24, 2.45) is 0 Å². The van der Waals surface area contributed by atoms with Crippen molar-refractivity contribution in [3.8, 4) is 5.75 Å². The van der Waals surface area contributed by atoms with Gasteiger partial charge in [-0.3, -0.25) is 19.8 Å². The molecule has 13 nitrogen and oxygen atoms in total. The molecule has 0 saturated carbocycles. The van der Waals surface area contributed by atoms with E-state index in [2.05, 4.69) is 10.1 Å². The van der Waals surface area contributed by atoms with Gasteiger partial charge >= 0.3 is 18.0 Å². The van der Waals surface area contributed by atoms with Crippen molar-refractivity contribution in [1.29, 1.82) is 0 Å². The third kappa shape index (κ3) is 4.78. The smallest absolute Gasteiger partial charge is 0.379 e. The lowest BCUT2D eigenvalue weighted by Crippen LogP contribution is -2.30. The van der Waals surface area contributed by atoms with Crippen molar-refractivity contribution in [2.45, 2.75) is 6.54 Å². The van der Waals surface area contributed by atoms with E-state index in [9.17, 15) is 29.3 Å². The van der Waals surface area contributed by atoms with Gasteiger partial charge in [-0.05, 0) is 36.4 Å². The Labute approximate surface area is 195 Å². The number of hydrogen-bond donors (Lipinski definition) is 1. The van der Waals surface area contributed by atoms with Gasteiger partial charge in [0.05, 0.1) is 24.8 Å². The van der Waals surface area contributed by atoms with Crippen molar-refractivity contribution < 1.29 is 42.4 Å². The summed E-state index contributed by atoms with van der Waals surface area (Å²) in [5.41, 5.74) is -0.588. The van der Waals surface area contributed by atoms with E-state index in [1.807, 2.05) is 0 Å². The minimum Gasteiger partial charge on any atom is -0.463 e. The number of hydrogen-bond acceptors (Lipinski definition) is 10. The molecule has 35 heavy (non-hydrogen) atoms. The summed E-state index contributed by atoms with van der Waals surface area (Å²) in [7, 11) is 1.17. The van der Waals surface area contributed by atoms with Crippen LogP contribution in [0.1, 0.15) is 32.4 Å². The number of rotatable bonds is 7. The van der Waals surface area contributed by atoms with Gasteiger partial charge in [0.2, 0.25) is 11.5 Å².